The lowest BCUT2D eigenvalue weighted by atomic mass is 9.47. The molecule has 1 spiro atoms. The molecule has 580 valence electrons. The molecule has 7 heterocycles. The van der Waals surface area contributed by atoms with Gasteiger partial charge in [0.2, 0.25) is 47.3 Å². The molecule has 17 atom stereocenters. The fraction of sp³-hybridized carbons (Fsp3) is 0.658. The zero-order valence-electron chi connectivity index (χ0n) is 62.2. The summed E-state index contributed by atoms with van der Waals surface area (Å²) in [6.07, 6.45) is 7.21. The van der Waals surface area contributed by atoms with Crippen molar-refractivity contribution in [3.8, 4) is 5.75 Å². The first kappa shape index (κ1) is 78.8. The van der Waals surface area contributed by atoms with Gasteiger partial charge in [-0.1, -0.05) is 77.3 Å². The Hall–Kier alpha value is -8.26. The third kappa shape index (κ3) is 14.1. The number of piperidine rings is 1. The lowest BCUT2D eigenvalue weighted by molar-refractivity contribution is -0.211. The van der Waals surface area contributed by atoms with Crippen LogP contribution >= 0.6 is 0 Å². The summed E-state index contributed by atoms with van der Waals surface area (Å²) < 4.78 is 12.5. The van der Waals surface area contributed by atoms with E-state index >= 15 is 9.59 Å². The number of primary amides is 2. The van der Waals surface area contributed by atoms with Gasteiger partial charge in [-0.2, -0.15) is 0 Å². The first-order valence-corrected chi connectivity index (χ1v) is 37.8. The van der Waals surface area contributed by atoms with Gasteiger partial charge in [0.25, 0.3) is 5.91 Å². The van der Waals surface area contributed by atoms with E-state index in [2.05, 4.69) is 46.7 Å². The van der Waals surface area contributed by atoms with Gasteiger partial charge in [-0.05, 0) is 132 Å². The van der Waals surface area contributed by atoms with E-state index in [4.69, 9.17) is 20.9 Å². The van der Waals surface area contributed by atoms with E-state index in [9.17, 15) is 63.9 Å². The van der Waals surface area contributed by atoms with Gasteiger partial charge in [0.05, 0.1) is 39.1 Å². The number of nitrogens with zero attached hydrogens (tertiary/aromatic N) is 4. The van der Waals surface area contributed by atoms with Crippen LogP contribution in [0, 0.1) is 23.2 Å². The molecule has 6 aliphatic heterocycles. The number of rotatable bonds is 27. The zero-order valence-corrected chi connectivity index (χ0v) is 62.2. The highest BCUT2D eigenvalue weighted by molar-refractivity contribution is 6.00. The number of likely N-dealkylation sites (N-methyl/N-ethyl adjacent to an activating group) is 1. The molecule has 2 aromatic carbocycles. The molecular formula is C76H109N13O17. The minimum absolute atomic E-state index is 0.0254. The van der Waals surface area contributed by atoms with E-state index < -0.39 is 173 Å². The van der Waals surface area contributed by atoms with Gasteiger partial charge in [-0.15, -0.1) is 0 Å². The molecule has 1 aromatic heterocycles. The van der Waals surface area contributed by atoms with Gasteiger partial charge >= 0.3 is 5.97 Å². The molecule has 11 rings (SSSR count). The van der Waals surface area contributed by atoms with Gasteiger partial charge < -0.3 is 93.2 Å². The third-order valence-corrected chi connectivity index (χ3v) is 24.8. The van der Waals surface area contributed by atoms with E-state index in [0.717, 1.165) is 28.5 Å². The number of fused-ring (bicyclic) bond motifs is 6. The standard InChI is InChI=1S/C76H109N13O17/c1-9-72(103)35-43-36-75(71(102)106-8,59-46(25-30-87(37-43)40-72)45-20-14-15-21-49(45)80-59)48-33-47-55(34-56(48)105-7)86(6)68-74(47)27-31-88-28-17-26-73(10-2,67(74)88)69(100)76(68,104)70(101)89-29-16-22-54(89)65(98)79-42(5)61(94)83-53(39-91)64(97)85-58(44-18-12-11-13-19-44)66(99)81-50(23-24-57(77)92)62(95)84-52(38-90)63(96)82-51(60(78)93)32-41(3)4/h14-15,17,20-21,26,33-34,41-44,50-54,58,67-69,80,90-91,100,103-104H,9-13,16,18-19,22-25,27-32,35-40H2,1-8H3,(H2,77,92)(H2,78,93)(H,79,98)(H,81,99)(H,82,96)(H,83,94)(H,84,95)(H,85,97)/t42-,43?,50-,51-,52-,53-,54?,58?,67?,68?,69+,72-,73+,74?,75-,76-/m0/s1. The number of hydrogen-bond donors (Lipinski definition) is 14. The van der Waals surface area contributed by atoms with Gasteiger partial charge in [0, 0.05) is 97.0 Å². The Morgan fingerprint density at radius 2 is 1.42 bits per heavy atom. The number of hydrogen-bond acceptors (Lipinski definition) is 20. The number of carbonyl (C=O) groups excluding carboxylic acids is 10. The summed E-state index contributed by atoms with van der Waals surface area (Å²) in [5.41, 5.74) is 7.48. The van der Waals surface area contributed by atoms with Crippen molar-refractivity contribution < 1.29 is 83.0 Å². The second kappa shape index (κ2) is 31.5. The summed E-state index contributed by atoms with van der Waals surface area (Å²) in [5.74, 6) is -9.26. The zero-order chi connectivity index (χ0) is 76.7. The van der Waals surface area contributed by atoms with Crippen LogP contribution in [-0.2, 0) is 69.9 Å². The fourth-order valence-corrected chi connectivity index (χ4v) is 19.8. The number of nitrogens with one attached hydrogen (secondary N) is 7. The van der Waals surface area contributed by atoms with Crippen LogP contribution in [0.3, 0.4) is 0 Å². The van der Waals surface area contributed by atoms with Crippen LogP contribution in [0.25, 0.3) is 10.9 Å². The van der Waals surface area contributed by atoms with E-state index in [-0.39, 0.29) is 56.9 Å². The van der Waals surface area contributed by atoms with Crippen LogP contribution in [0.1, 0.15) is 153 Å². The van der Waals surface area contributed by atoms with E-state index in [1.165, 1.54) is 26.0 Å². The van der Waals surface area contributed by atoms with Gasteiger partial charge in [0.15, 0.2) is 5.60 Å². The van der Waals surface area contributed by atoms with E-state index in [0.29, 0.717) is 107 Å². The molecule has 3 aromatic rings. The largest absolute Gasteiger partial charge is 0.496 e. The van der Waals surface area contributed by atoms with Gasteiger partial charge in [-0.25, -0.2) is 0 Å². The molecule has 0 radical (unpaired) electrons. The number of ether oxygens (including phenoxy) is 2. The number of nitrogens with two attached hydrogens (primary N) is 2. The smallest absolute Gasteiger partial charge is 0.322 e. The number of aliphatic hydroxyl groups is 5. The Balaban J connectivity index is 0.857. The summed E-state index contributed by atoms with van der Waals surface area (Å²) in [6.45, 7) is 9.58. The normalized spacial score (nSPS) is 29.9. The number of benzene rings is 2. The quantitative estimate of drug-likeness (QED) is 0.0339. The molecule has 8 aliphatic rings. The molecule has 2 aliphatic carbocycles. The van der Waals surface area contributed by atoms with E-state index in [1.807, 2.05) is 67.3 Å². The minimum Gasteiger partial charge on any atom is -0.496 e. The molecule has 3 saturated heterocycles. The van der Waals surface area contributed by atoms with Gasteiger partial charge in [0.1, 0.15) is 59.6 Å². The fourth-order valence-electron chi connectivity index (χ4n) is 19.8. The number of likely N-dealkylation sites (tertiary alicyclic amines) is 1. The van der Waals surface area contributed by atoms with Crippen molar-refractivity contribution in [2.24, 2.45) is 34.6 Å². The minimum atomic E-state index is -2.66. The summed E-state index contributed by atoms with van der Waals surface area (Å²) in [5, 5.41) is 77.0. The molecule has 5 fully saturated rings. The molecule has 16 N–H and O–H groups in total. The Bertz CT molecular complexity index is 3900. The Morgan fingerprint density at radius 1 is 0.745 bits per heavy atom. The average Bonchev–Trinajstić information content (AvgIpc) is 1.45. The van der Waals surface area contributed by atoms with Crippen molar-refractivity contribution in [2.75, 3.05) is 78.6 Å². The maximum atomic E-state index is 16.4. The predicted molar refractivity (Wildman–Crippen MR) is 389 cm³/mol. The average molecular weight is 1480 g/mol. The van der Waals surface area contributed by atoms with Crippen LogP contribution in [-0.4, -0.2) is 250 Å². The maximum absolute atomic E-state index is 16.4. The second-order valence-corrected chi connectivity index (χ2v) is 31.5. The Labute approximate surface area is 617 Å². The number of anilines is 1. The highest BCUT2D eigenvalue weighted by atomic mass is 16.5. The summed E-state index contributed by atoms with van der Waals surface area (Å²) in [7, 11) is 4.70. The lowest BCUT2D eigenvalue weighted by Crippen LogP contribution is -2.82. The number of para-hydroxylation sites is 1. The summed E-state index contributed by atoms with van der Waals surface area (Å²) in [4.78, 5) is 153. The lowest BCUT2D eigenvalue weighted by Gasteiger charge is -2.63. The van der Waals surface area contributed by atoms with Crippen LogP contribution in [0.5, 0.6) is 5.75 Å². The highest BCUT2D eigenvalue weighted by Crippen LogP contribution is 2.68. The van der Waals surface area contributed by atoms with Crippen molar-refractivity contribution in [1.82, 2.24) is 51.6 Å². The number of carbonyl (C=O) groups is 10. The van der Waals surface area contributed by atoms with Crippen molar-refractivity contribution in [1.29, 1.82) is 0 Å². The third-order valence-electron chi connectivity index (χ3n) is 24.8. The van der Waals surface area contributed by atoms with E-state index in [1.54, 1.807) is 20.9 Å². The summed E-state index contributed by atoms with van der Waals surface area (Å²) >= 11 is 0. The Kier molecular flexibility index (Phi) is 23.4. The van der Waals surface area contributed by atoms with Crippen LogP contribution in [0.2, 0.25) is 0 Å². The molecule has 30 heteroatoms. The number of amides is 9. The second-order valence-electron chi connectivity index (χ2n) is 31.5. The number of aromatic amines is 1. The maximum Gasteiger partial charge on any atom is 0.322 e. The Morgan fingerprint density at radius 3 is 2.07 bits per heavy atom. The van der Waals surface area contributed by atoms with Gasteiger partial charge in [-0.3, -0.25) is 57.7 Å². The SMILES string of the molecule is CC[C@]1(O)CC2CN(CCc3c([nH]c4ccccc34)[C@@](C(=O)OC)(c3cc4c(cc3OC)N(C)C3C45CCN4CC=C[C@](CC)(C45)[C@@H](O)[C@]3(O)C(=O)N3CCCC3C(=O)N[C@@H](C)C(=O)N[C@@H](CO)C(=O)NC(C(=O)N[C@@H](CCC(N)=O)C(=O)N[C@@H](CO)C(=O)N[C@@H](CC(C)C)C(N)=O)C3CCCCC3)C2)C1. The molecule has 106 heavy (non-hydrogen) atoms. The molecule has 7 unspecified atom stereocenters. The molecule has 2 saturated carbocycles. The monoisotopic (exact) mass is 1480 g/mol. The van der Waals surface area contributed by atoms with Crippen LogP contribution in [0.4, 0.5) is 5.69 Å². The number of methoxy groups -OCH3 is 2. The van der Waals surface area contributed by atoms with Crippen molar-refractivity contribution in [3.05, 3.63) is 70.9 Å². The number of aliphatic hydroxyl groups excluding tert-OH is 3. The topological polar surface area (TPSA) is 443 Å². The molecule has 2 bridgehead atoms. The molecule has 9 amide bonds. The first-order chi connectivity index (χ1) is 50.4. The predicted octanol–water partition coefficient (Wildman–Crippen LogP) is -0.471. The van der Waals surface area contributed by atoms with Crippen LogP contribution in [0.15, 0.2) is 48.6 Å². The number of H-pyrrole nitrogens is 1. The van der Waals surface area contributed by atoms with Crippen LogP contribution < -0.4 is 53.0 Å². The first-order valence-electron chi connectivity index (χ1n) is 37.8. The van der Waals surface area contributed by atoms with Crippen molar-refractivity contribution >= 4 is 75.7 Å². The molecular weight excluding hydrogens is 1370 g/mol. The highest BCUT2D eigenvalue weighted by Gasteiger charge is 2.79. The summed E-state index contributed by atoms with van der Waals surface area (Å²) in [6, 6.07) is -0.0716. The number of aromatic nitrogens is 1. The van der Waals surface area contributed by atoms with Crippen molar-refractivity contribution in [3.63, 3.8) is 0 Å². The number of esters is 1. The molecule has 30 nitrogen and oxygen atoms in total. The van der Waals surface area contributed by atoms with Crippen molar-refractivity contribution in [2.45, 2.75) is 220 Å².